The Morgan fingerprint density at radius 3 is 2.85 bits per heavy atom. The molecule has 20 heavy (non-hydrogen) atoms. The molecular weight excluding hydrogens is 324 g/mol. The second-order valence-corrected chi connectivity index (χ2v) is 7.84. The zero-order valence-corrected chi connectivity index (χ0v) is 13.0. The summed E-state index contributed by atoms with van der Waals surface area (Å²) in [6, 6.07) is 1.93. The van der Waals surface area contributed by atoms with Gasteiger partial charge in [0.1, 0.15) is 11.5 Å². The number of fused-ring (bicyclic) bond motifs is 1. The van der Waals surface area contributed by atoms with Crippen LogP contribution in [0.1, 0.15) is 13.8 Å². The van der Waals surface area contributed by atoms with E-state index in [-0.39, 0.29) is 15.5 Å². The SMILES string of the molecule is CC1(C)Cn2c(nsc2=Nc2cc(F)c(Cl)cc2F)S1. The molecule has 0 fully saturated rings. The van der Waals surface area contributed by atoms with Crippen LogP contribution in [0.2, 0.25) is 5.02 Å². The summed E-state index contributed by atoms with van der Waals surface area (Å²) >= 11 is 8.34. The molecule has 0 saturated heterocycles. The fourth-order valence-electron chi connectivity index (χ4n) is 1.91. The molecule has 0 amide bonds. The largest absolute Gasteiger partial charge is 0.293 e. The molecule has 1 aromatic heterocycles. The van der Waals surface area contributed by atoms with Crippen molar-refractivity contribution in [2.45, 2.75) is 30.3 Å². The van der Waals surface area contributed by atoms with Crippen molar-refractivity contribution in [3.05, 3.63) is 33.6 Å². The molecule has 0 unspecified atom stereocenters. The molecule has 2 aromatic rings. The first-order chi connectivity index (χ1) is 9.35. The van der Waals surface area contributed by atoms with Gasteiger partial charge in [0.05, 0.1) is 5.02 Å². The second-order valence-electron chi connectivity index (χ2n) is 5.03. The van der Waals surface area contributed by atoms with Gasteiger partial charge >= 0.3 is 0 Å². The minimum Gasteiger partial charge on any atom is -0.293 e. The summed E-state index contributed by atoms with van der Waals surface area (Å²) in [5.74, 6) is -1.34. The van der Waals surface area contributed by atoms with E-state index in [0.29, 0.717) is 4.80 Å². The van der Waals surface area contributed by atoms with Crippen LogP contribution >= 0.6 is 34.9 Å². The van der Waals surface area contributed by atoms with Crippen LogP contribution in [0.5, 0.6) is 0 Å². The van der Waals surface area contributed by atoms with Gasteiger partial charge in [-0.05, 0) is 19.9 Å². The highest BCUT2D eigenvalue weighted by Gasteiger charge is 2.31. The van der Waals surface area contributed by atoms with E-state index in [1.165, 1.54) is 11.5 Å². The molecule has 0 radical (unpaired) electrons. The first kappa shape index (κ1) is 14.0. The number of aromatic nitrogens is 2. The Morgan fingerprint density at radius 1 is 1.35 bits per heavy atom. The predicted octanol–water partition coefficient (Wildman–Crippen LogP) is 3.99. The van der Waals surface area contributed by atoms with E-state index < -0.39 is 11.6 Å². The molecule has 0 spiro atoms. The zero-order chi connectivity index (χ0) is 14.5. The van der Waals surface area contributed by atoms with Gasteiger partial charge in [-0.3, -0.25) is 4.57 Å². The van der Waals surface area contributed by atoms with Crippen molar-refractivity contribution < 1.29 is 8.78 Å². The quantitative estimate of drug-likeness (QED) is 0.739. The van der Waals surface area contributed by atoms with Gasteiger partial charge in [-0.1, -0.05) is 23.4 Å². The molecule has 0 aliphatic carbocycles. The van der Waals surface area contributed by atoms with Gasteiger partial charge in [0.25, 0.3) is 0 Å². The Kier molecular flexibility index (Phi) is 3.38. The maximum atomic E-state index is 13.8. The Hall–Kier alpha value is -0.920. The molecule has 1 aliphatic heterocycles. The van der Waals surface area contributed by atoms with Crippen LogP contribution in [-0.2, 0) is 6.54 Å². The van der Waals surface area contributed by atoms with Gasteiger partial charge in [-0.2, -0.15) is 4.37 Å². The Morgan fingerprint density at radius 2 is 2.10 bits per heavy atom. The van der Waals surface area contributed by atoms with Crippen molar-refractivity contribution in [3.63, 3.8) is 0 Å². The van der Waals surface area contributed by atoms with Crippen molar-refractivity contribution >= 4 is 40.6 Å². The standard InChI is InChI=1S/C12H10ClF2N3S2/c1-12(2)5-18-10(20-17-11(18)19-12)16-9-4-7(14)6(13)3-8(9)15/h3-4H,5H2,1-2H3. The van der Waals surface area contributed by atoms with Crippen molar-refractivity contribution in [3.8, 4) is 0 Å². The number of benzene rings is 1. The summed E-state index contributed by atoms with van der Waals surface area (Å²) in [5.41, 5.74) is -0.0689. The molecule has 0 N–H and O–H groups in total. The van der Waals surface area contributed by atoms with Crippen LogP contribution in [0, 0.1) is 11.6 Å². The number of hydrogen-bond donors (Lipinski definition) is 0. The number of halogens is 3. The highest BCUT2D eigenvalue weighted by molar-refractivity contribution is 8.00. The summed E-state index contributed by atoms with van der Waals surface area (Å²) in [5, 5.41) is 0.605. The van der Waals surface area contributed by atoms with Gasteiger partial charge < -0.3 is 0 Å². The summed E-state index contributed by atoms with van der Waals surface area (Å²) in [6.45, 7) is 4.94. The Labute approximate surface area is 127 Å². The molecular formula is C12H10ClF2N3S2. The van der Waals surface area contributed by atoms with Crippen LogP contribution < -0.4 is 4.80 Å². The van der Waals surface area contributed by atoms with Crippen molar-refractivity contribution in [1.29, 1.82) is 0 Å². The average Bonchev–Trinajstić information content (AvgIpc) is 2.83. The van der Waals surface area contributed by atoms with E-state index in [2.05, 4.69) is 23.2 Å². The third-order valence-corrected chi connectivity index (χ3v) is 5.10. The lowest BCUT2D eigenvalue weighted by atomic mass is 10.2. The fourth-order valence-corrected chi connectivity index (χ4v) is 3.98. The highest BCUT2D eigenvalue weighted by Crippen LogP contribution is 2.38. The third kappa shape index (κ3) is 2.49. The lowest BCUT2D eigenvalue weighted by Gasteiger charge is -2.12. The molecule has 0 bridgehead atoms. The van der Waals surface area contributed by atoms with Crippen LogP contribution in [0.3, 0.4) is 0 Å². The van der Waals surface area contributed by atoms with Gasteiger partial charge in [0.2, 0.25) is 4.80 Å². The second kappa shape index (κ2) is 4.82. The molecule has 3 nitrogen and oxygen atoms in total. The van der Waals surface area contributed by atoms with E-state index in [9.17, 15) is 8.78 Å². The predicted molar refractivity (Wildman–Crippen MR) is 76.6 cm³/mol. The molecule has 106 valence electrons. The first-order valence-corrected chi connectivity index (χ1v) is 7.77. The van der Waals surface area contributed by atoms with Gasteiger partial charge in [-0.25, -0.2) is 13.8 Å². The minimum absolute atomic E-state index is 0.0321. The third-order valence-electron chi connectivity index (χ3n) is 2.78. The van der Waals surface area contributed by atoms with Crippen molar-refractivity contribution in [2.24, 2.45) is 4.99 Å². The van der Waals surface area contributed by atoms with Crippen molar-refractivity contribution in [2.75, 3.05) is 0 Å². The maximum absolute atomic E-state index is 13.8. The van der Waals surface area contributed by atoms with Crippen LogP contribution in [-0.4, -0.2) is 13.7 Å². The molecule has 0 saturated carbocycles. The van der Waals surface area contributed by atoms with E-state index in [1.54, 1.807) is 11.8 Å². The smallest absolute Gasteiger partial charge is 0.210 e. The van der Waals surface area contributed by atoms with Crippen LogP contribution in [0.4, 0.5) is 14.5 Å². The molecule has 1 aromatic carbocycles. The van der Waals surface area contributed by atoms with Gasteiger partial charge in [0, 0.05) is 28.9 Å². The summed E-state index contributed by atoms with van der Waals surface area (Å²) in [6.07, 6.45) is 0. The van der Waals surface area contributed by atoms with E-state index in [4.69, 9.17) is 11.6 Å². The van der Waals surface area contributed by atoms with Crippen LogP contribution in [0.25, 0.3) is 0 Å². The Balaban J connectivity index is 2.10. The average molecular weight is 334 g/mol. The summed E-state index contributed by atoms with van der Waals surface area (Å²) in [7, 11) is 0. The number of thioether (sulfide) groups is 1. The maximum Gasteiger partial charge on any atom is 0.210 e. The van der Waals surface area contributed by atoms with E-state index in [0.717, 1.165) is 23.8 Å². The fraction of sp³-hybridized carbons (Fsp3) is 0.333. The molecule has 2 heterocycles. The molecule has 0 atom stereocenters. The molecule has 8 heteroatoms. The highest BCUT2D eigenvalue weighted by atomic mass is 35.5. The topological polar surface area (TPSA) is 30.2 Å². The minimum atomic E-state index is -0.687. The molecule has 3 rings (SSSR count). The van der Waals surface area contributed by atoms with E-state index in [1.807, 2.05) is 4.57 Å². The molecule has 1 aliphatic rings. The lowest BCUT2D eigenvalue weighted by Crippen LogP contribution is -2.21. The van der Waals surface area contributed by atoms with Gasteiger partial charge in [0.15, 0.2) is 11.0 Å². The zero-order valence-electron chi connectivity index (χ0n) is 10.7. The number of nitrogens with zero attached hydrogens (tertiary/aromatic N) is 3. The lowest BCUT2D eigenvalue weighted by molar-refractivity contribution is 0.553. The Bertz CT molecular complexity index is 752. The first-order valence-electron chi connectivity index (χ1n) is 5.80. The van der Waals surface area contributed by atoms with E-state index >= 15 is 0 Å². The summed E-state index contributed by atoms with van der Waals surface area (Å²) < 4.78 is 33.4. The monoisotopic (exact) mass is 333 g/mol. The number of rotatable bonds is 1. The van der Waals surface area contributed by atoms with Crippen LogP contribution in [0.15, 0.2) is 22.3 Å². The normalized spacial score (nSPS) is 17.6. The van der Waals surface area contributed by atoms with Gasteiger partial charge in [-0.15, -0.1) is 0 Å². The van der Waals surface area contributed by atoms with Crippen molar-refractivity contribution in [1.82, 2.24) is 8.94 Å². The summed E-state index contributed by atoms with van der Waals surface area (Å²) in [4.78, 5) is 4.73. The number of hydrogen-bond acceptors (Lipinski definition) is 4.